The van der Waals surface area contributed by atoms with Gasteiger partial charge in [-0.15, -0.1) is 0 Å². The molecule has 0 bridgehead atoms. The second-order valence-corrected chi connectivity index (χ2v) is 9.78. The van der Waals surface area contributed by atoms with E-state index in [0.29, 0.717) is 11.6 Å². The molecule has 0 aliphatic rings. The van der Waals surface area contributed by atoms with E-state index in [-0.39, 0.29) is 28.4 Å². The molecule has 174 valence electrons. The van der Waals surface area contributed by atoms with Crippen LogP contribution in [-0.2, 0) is 21.2 Å². The van der Waals surface area contributed by atoms with Gasteiger partial charge in [-0.25, -0.2) is 18.4 Å². The van der Waals surface area contributed by atoms with Crippen LogP contribution >= 0.6 is 0 Å². The number of aromatic nitrogens is 2. The van der Waals surface area contributed by atoms with Crippen LogP contribution in [0.4, 0.5) is 11.5 Å². The Morgan fingerprint density at radius 2 is 1.61 bits per heavy atom. The van der Waals surface area contributed by atoms with Crippen molar-refractivity contribution in [1.82, 2.24) is 9.97 Å². The fourth-order valence-electron chi connectivity index (χ4n) is 3.26. The van der Waals surface area contributed by atoms with Crippen LogP contribution in [0.2, 0.25) is 0 Å². The fourth-order valence-corrected chi connectivity index (χ4v) is 4.27. The Hall–Kier alpha value is -3.46. The number of carbonyl (C=O) groups is 1. The summed E-state index contributed by atoms with van der Waals surface area (Å²) in [5, 5.41) is 2.84. The Labute approximate surface area is 194 Å². The maximum Gasteiger partial charge on any atom is 0.263 e. The number of carbonyl (C=O) groups excluding carboxylic acids is 1. The molecule has 0 saturated heterocycles. The number of nitrogens with one attached hydrogen (secondary N) is 2. The molecule has 9 heteroatoms. The summed E-state index contributed by atoms with van der Waals surface area (Å²) in [7, 11) is -2.53. The summed E-state index contributed by atoms with van der Waals surface area (Å²) in [5.41, 5.74) is 2.66. The van der Waals surface area contributed by atoms with Crippen LogP contribution in [0.3, 0.4) is 0 Å². The zero-order valence-electron chi connectivity index (χ0n) is 19.1. The van der Waals surface area contributed by atoms with Crippen LogP contribution in [0.1, 0.15) is 37.8 Å². The molecule has 3 rings (SSSR count). The first-order valence-electron chi connectivity index (χ1n) is 10.6. The van der Waals surface area contributed by atoms with Crippen molar-refractivity contribution in [2.24, 2.45) is 5.92 Å². The van der Waals surface area contributed by atoms with Crippen molar-refractivity contribution in [3.05, 3.63) is 72.1 Å². The highest BCUT2D eigenvalue weighted by Gasteiger charge is 2.19. The summed E-state index contributed by atoms with van der Waals surface area (Å²) >= 11 is 0. The van der Waals surface area contributed by atoms with Gasteiger partial charge in [-0.2, -0.15) is 0 Å². The van der Waals surface area contributed by atoms with Crippen LogP contribution in [-0.4, -0.2) is 31.4 Å². The lowest BCUT2D eigenvalue weighted by Crippen LogP contribution is -2.19. The molecule has 0 fully saturated rings. The Bertz CT molecular complexity index is 1190. The minimum atomic E-state index is -3.91. The molecule has 0 aliphatic carbocycles. The number of nitrogens with zero attached hydrogens (tertiary/aromatic N) is 2. The van der Waals surface area contributed by atoms with Gasteiger partial charge < -0.3 is 10.1 Å². The average Bonchev–Trinajstić information content (AvgIpc) is 2.79. The molecule has 2 aromatic carbocycles. The summed E-state index contributed by atoms with van der Waals surface area (Å²) in [6.45, 7) is 6.18. The number of hydrogen-bond acceptors (Lipinski definition) is 6. The Balaban J connectivity index is 1.66. The number of amides is 1. The molecule has 0 saturated carbocycles. The number of rotatable bonds is 9. The first-order chi connectivity index (χ1) is 15.7. The minimum absolute atomic E-state index is 0.00869. The van der Waals surface area contributed by atoms with Crippen LogP contribution in [0.25, 0.3) is 0 Å². The number of anilines is 2. The zero-order chi connectivity index (χ0) is 24.0. The third-order valence-electron chi connectivity index (χ3n) is 5.04. The molecule has 2 N–H and O–H groups in total. The second-order valence-electron chi connectivity index (χ2n) is 8.09. The van der Waals surface area contributed by atoms with Gasteiger partial charge in [0, 0.05) is 18.1 Å². The lowest BCUT2D eigenvalue weighted by atomic mass is 9.96. The van der Waals surface area contributed by atoms with E-state index in [9.17, 15) is 13.2 Å². The van der Waals surface area contributed by atoms with E-state index in [4.69, 9.17) is 4.74 Å². The maximum atomic E-state index is 12.7. The van der Waals surface area contributed by atoms with Gasteiger partial charge in [0.25, 0.3) is 15.9 Å². The summed E-state index contributed by atoms with van der Waals surface area (Å²) in [5.74, 6) is 0.0972. The number of benzene rings is 2. The quantitative estimate of drug-likeness (QED) is 0.486. The standard InChI is InChI=1S/C24H28N4O4S/c1-16(2)15-18-5-7-19(8-6-18)17(3)23(29)27-20-9-11-21(12-10-20)33(30,31)28-22-24(32-4)26-14-13-25-22/h5-14,16-17H,15H2,1-4H3,(H,25,28)(H,27,29). The summed E-state index contributed by atoms with van der Waals surface area (Å²) in [6.07, 6.45) is 3.75. The van der Waals surface area contributed by atoms with Crippen molar-refractivity contribution in [3.8, 4) is 5.88 Å². The molecule has 1 unspecified atom stereocenters. The summed E-state index contributed by atoms with van der Waals surface area (Å²) < 4.78 is 32.7. The molecular formula is C24H28N4O4S. The van der Waals surface area contributed by atoms with Crippen molar-refractivity contribution in [3.63, 3.8) is 0 Å². The molecule has 0 spiro atoms. The third-order valence-corrected chi connectivity index (χ3v) is 6.39. The van der Waals surface area contributed by atoms with Gasteiger partial charge in [0.1, 0.15) is 0 Å². The molecule has 8 nitrogen and oxygen atoms in total. The first-order valence-corrected chi connectivity index (χ1v) is 12.1. The van der Waals surface area contributed by atoms with Gasteiger partial charge in [-0.3, -0.25) is 9.52 Å². The highest BCUT2D eigenvalue weighted by Crippen LogP contribution is 2.23. The normalized spacial score (nSPS) is 12.3. The van der Waals surface area contributed by atoms with Gasteiger partial charge in [-0.05, 0) is 54.7 Å². The predicted molar refractivity (Wildman–Crippen MR) is 128 cm³/mol. The smallest absolute Gasteiger partial charge is 0.263 e. The van der Waals surface area contributed by atoms with Gasteiger partial charge in [-0.1, -0.05) is 38.1 Å². The van der Waals surface area contributed by atoms with Gasteiger partial charge in [0.15, 0.2) is 0 Å². The lowest BCUT2D eigenvalue weighted by molar-refractivity contribution is -0.117. The van der Waals surface area contributed by atoms with E-state index in [1.54, 1.807) is 12.1 Å². The van der Waals surface area contributed by atoms with Crippen LogP contribution in [0.15, 0.2) is 65.8 Å². The van der Waals surface area contributed by atoms with E-state index in [1.165, 1.54) is 37.2 Å². The molecule has 0 radical (unpaired) electrons. The first kappa shape index (κ1) is 24.2. The van der Waals surface area contributed by atoms with Crippen molar-refractivity contribution < 1.29 is 17.9 Å². The van der Waals surface area contributed by atoms with E-state index in [1.807, 2.05) is 19.1 Å². The van der Waals surface area contributed by atoms with Crippen LogP contribution in [0, 0.1) is 5.92 Å². The Morgan fingerprint density at radius 3 is 2.21 bits per heavy atom. The van der Waals surface area contributed by atoms with Crippen molar-refractivity contribution in [2.75, 3.05) is 17.1 Å². The monoisotopic (exact) mass is 468 g/mol. The Kier molecular flexibility index (Phi) is 7.65. The van der Waals surface area contributed by atoms with E-state index in [0.717, 1.165) is 12.0 Å². The predicted octanol–water partition coefficient (Wildman–Crippen LogP) is 4.23. The van der Waals surface area contributed by atoms with Crippen LogP contribution in [0.5, 0.6) is 5.88 Å². The highest BCUT2D eigenvalue weighted by molar-refractivity contribution is 7.92. The van der Waals surface area contributed by atoms with Crippen LogP contribution < -0.4 is 14.8 Å². The minimum Gasteiger partial charge on any atom is -0.478 e. The zero-order valence-corrected chi connectivity index (χ0v) is 19.9. The largest absolute Gasteiger partial charge is 0.478 e. The van der Waals surface area contributed by atoms with Crippen molar-refractivity contribution >= 4 is 27.4 Å². The van der Waals surface area contributed by atoms with E-state index in [2.05, 4.69) is 46.0 Å². The van der Waals surface area contributed by atoms with Crippen molar-refractivity contribution in [2.45, 2.75) is 38.0 Å². The Morgan fingerprint density at radius 1 is 0.970 bits per heavy atom. The molecule has 1 amide bonds. The number of hydrogen-bond donors (Lipinski definition) is 2. The molecule has 1 aromatic heterocycles. The summed E-state index contributed by atoms with van der Waals surface area (Å²) in [6, 6.07) is 14.0. The number of sulfonamides is 1. The lowest BCUT2D eigenvalue weighted by Gasteiger charge is -2.14. The van der Waals surface area contributed by atoms with E-state index >= 15 is 0 Å². The topological polar surface area (TPSA) is 110 Å². The SMILES string of the molecule is COc1nccnc1NS(=O)(=O)c1ccc(NC(=O)C(C)c2ccc(CC(C)C)cc2)cc1. The van der Waals surface area contributed by atoms with E-state index < -0.39 is 10.0 Å². The van der Waals surface area contributed by atoms with Gasteiger partial charge in [0.05, 0.1) is 17.9 Å². The fraction of sp³-hybridized carbons (Fsp3) is 0.292. The maximum absolute atomic E-state index is 12.7. The molecule has 0 aliphatic heterocycles. The number of ether oxygens (including phenoxy) is 1. The van der Waals surface area contributed by atoms with Gasteiger partial charge >= 0.3 is 0 Å². The average molecular weight is 469 g/mol. The molecule has 3 aromatic rings. The molecule has 33 heavy (non-hydrogen) atoms. The highest BCUT2D eigenvalue weighted by atomic mass is 32.2. The summed E-state index contributed by atoms with van der Waals surface area (Å²) in [4.78, 5) is 20.6. The number of methoxy groups -OCH3 is 1. The second kappa shape index (κ2) is 10.4. The molecular weight excluding hydrogens is 440 g/mol. The van der Waals surface area contributed by atoms with Crippen molar-refractivity contribution in [1.29, 1.82) is 0 Å². The molecule has 1 atom stereocenters. The van der Waals surface area contributed by atoms with Gasteiger partial charge in [0.2, 0.25) is 11.7 Å². The molecule has 1 heterocycles. The third kappa shape index (κ3) is 6.29.